The van der Waals surface area contributed by atoms with Crippen LogP contribution in [0.3, 0.4) is 0 Å². The van der Waals surface area contributed by atoms with Gasteiger partial charge < -0.3 is 5.11 Å². The van der Waals surface area contributed by atoms with Gasteiger partial charge in [0, 0.05) is 32.6 Å². The van der Waals surface area contributed by atoms with E-state index in [0.29, 0.717) is 12.2 Å². The van der Waals surface area contributed by atoms with Crippen molar-refractivity contribution < 1.29 is 14.7 Å². The summed E-state index contributed by atoms with van der Waals surface area (Å²) < 4.78 is 0. The van der Waals surface area contributed by atoms with E-state index in [-0.39, 0.29) is 22.9 Å². The van der Waals surface area contributed by atoms with E-state index in [0.717, 1.165) is 39.0 Å². The molecule has 4 saturated heterocycles. The Labute approximate surface area is 126 Å². The quantitative estimate of drug-likeness (QED) is 0.834. The summed E-state index contributed by atoms with van der Waals surface area (Å²) in [5.41, 5.74) is -0.652. The Hall–Kier alpha value is -0.940. The summed E-state index contributed by atoms with van der Waals surface area (Å²) in [6, 6.07) is 0. The molecule has 0 radical (unpaired) electrons. The minimum atomic E-state index is -0.737. The molecule has 5 heteroatoms. The topological polar surface area (TPSA) is 60.9 Å². The molecule has 4 heterocycles. The highest BCUT2D eigenvalue weighted by atomic mass is 16.4. The van der Waals surface area contributed by atoms with Crippen LogP contribution in [0.2, 0.25) is 0 Å². The van der Waals surface area contributed by atoms with Crippen LogP contribution in [0.25, 0.3) is 0 Å². The van der Waals surface area contributed by atoms with E-state index in [1.807, 2.05) is 0 Å². The summed E-state index contributed by atoms with van der Waals surface area (Å²) >= 11 is 0. The molecule has 0 aromatic carbocycles. The fourth-order valence-corrected chi connectivity index (χ4v) is 4.83. The van der Waals surface area contributed by atoms with Gasteiger partial charge in [0.25, 0.3) is 0 Å². The molecule has 118 valence electrons. The summed E-state index contributed by atoms with van der Waals surface area (Å²) in [6.45, 7) is 9.60. The highest BCUT2D eigenvalue weighted by Gasteiger charge is 2.66. The molecule has 4 fully saturated rings. The number of nitrogens with zero attached hydrogens (tertiary/aromatic N) is 2. The first-order valence-corrected chi connectivity index (χ1v) is 8.09. The van der Waals surface area contributed by atoms with E-state index in [1.54, 1.807) is 0 Å². The van der Waals surface area contributed by atoms with E-state index in [1.165, 1.54) is 0 Å². The zero-order chi connectivity index (χ0) is 15.5. The third kappa shape index (κ3) is 1.83. The SMILES string of the molecule is CCC12CN3CC(CC)(CN(C1)C3(C)CCC(=O)O)C2=O. The maximum atomic E-state index is 13.0. The number of rotatable bonds is 5. The Balaban J connectivity index is 1.94. The second-order valence-electron chi connectivity index (χ2n) is 7.42. The minimum Gasteiger partial charge on any atom is -0.481 e. The number of carbonyl (C=O) groups is 2. The van der Waals surface area contributed by atoms with E-state index < -0.39 is 5.97 Å². The number of aliphatic carboxylic acids is 1. The van der Waals surface area contributed by atoms with Gasteiger partial charge in [-0.1, -0.05) is 13.8 Å². The molecule has 5 nitrogen and oxygen atoms in total. The van der Waals surface area contributed by atoms with Gasteiger partial charge in [-0.25, -0.2) is 0 Å². The van der Waals surface area contributed by atoms with E-state index in [2.05, 4.69) is 30.6 Å². The van der Waals surface area contributed by atoms with Gasteiger partial charge in [-0.05, 0) is 26.2 Å². The Bertz CT molecular complexity index is 446. The first kappa shape index (κ1) is 15.0. The Kier molecular flexibility index (Phi) is 3.23. The molecule has 4 aliphatic rings. The maximum absolute atomic E-state index is 13.0. The van der Waals surface area contributed by atoms with Crippen LogP contribution < -0.4 is 0 Å². The largest absolute Gasteiger partial charge is 0.481 e. The molecule has 4 aliphatic heterocycles. The molecule has 1 N–H and O–H groups in total. The van der Waals surface area contributed by atoms with Crippen molar-refractivity contribution in [3.63, 3.8) is 0 Å². The van der Waals surface area contributed by atoms with E-state index in [4.69, 9.17) is 5.11 Å². The standard InChI is InChI=1S/C16H26N2O3/c1-4-15-8-17-10-16(5-2,13(15)21)11-18(9-15)14(17,3)7-6-12(19)20/h4-11H2,1-3H3,(H,19,20). The first-order chi connectivity index (χ1) is 9.82. The number of carboxylic acid groups (broad SMARTS) is 1. The molecule has 0 aromatic rings. The lowest BCUT2D eigenvalue weighted by atomic mass is 9.57. The van der Waals surface area contributed by atoms with Crippen molar-refractivity contribution in [2.24, 2.45) is 10.8 Å². The van der Waals surface area contributed by atoms with Gasteiger partial charge in [-0.2, -0.15) is 0 Å². The average molecular weight is 294 g/mol. The zero-order valence-corrected chi connectivity index (χ0v) is 13.3. The number of carboxylic acids is 1. The van der Waals surface area contributed by atoms with Crippen molar-refractivity contribution >= 4 is 11.8 Å². The smallest absolute Gasteiger partial charge is 0.303 e. The van der Waals surface area contributed by atoms with Crippen molar-refractivity contribution in [1.82, 2.24) is 9.80 Å². The average Bonchev–Trinajstić information content (AvgIpc) is 2.45. The monoisotopic (exact) mass is 294 g/mol. The molecule has 0 saturated carbocycles. The third-order valence-corrected chi connectivity index (χ3v) is 6.47. The van der Waals surface area contributed by atoms with Crippen molar-refractivity contribution in [2.45, 2.75) is 52.1 Å². The predicted octanol–water partition coefficient (Wildman–Crippen LogP) is 1.57. The van der Waals surface area contributed by atoms with Gasteiger partial charge in [-0.15, -0.1) is 0 Å². The number of ketones is 1. The lowest BCUT2D eigenvalue weighted by Gasteiger charge is -2.70. The van der Waals surface area contributed by atoms with Gasteiger partial charge in [0.2, 0.25) is 0 Å². The van der Waals surface area contributed by atoms with Gasteiger partial charge in [0.15, 0.2) is 0 Å². The zero-order valence-electron chi connectivity index (χ0n) is 13.3. The fraction of sp³-hybridized carbons (Fsp3) is 0.875. The molecule has 4 bridgehead atoms. The second kappa shape index (κ2) is 4.53. The highest BCUT2D eigenvalue weighted by molar-refractivity contribution is 5.93. The molecular formula is C16H26N2O3. The van der Waals surface area contributed by atoms with Crippen molar-refractivity contribution in [1.29, 1.82) is 0 Å². The Morgan fingerprint density at radius 2 is 1.52 bits per heavy atom. The first-order valence-electron chi connectivity index (χ1n) is 8.09. The highest BCUT2D eigenvalue weighted by Crippen LogP contribution is 2.55. The normalized spacial score (nSPS) is 47.9. The molecule has 0 spiro atoms. The van der Waals surface area contributed by atoms with Crippen LogP contribution in [-0.2, 0) is 9.59 Å². The van der Waals surface area contributed by atoms with Gasteiger partial charge in [-0.3, -0.25) is 19.4 Å². The van der Waals surface area contributed by atoms with Gasteiger partial charge in [0.1, 0.15) is 5.78 Å². The minimum absolute atomic E-state index is 0.190. The van der Waals surface area contributed by atoms with Crippen LogP contribution in [0.1, 0.15) is 46.5 Å². The Morgan fingerprint density at radius 1 is 1.10 bits per heavy atom. The number of hydrogen-bond donors (Lipinski definition) is 1. The Morgan fingerprint density at radius 3 is 1.86 bits per heavy atom. The molecular weight excluding hydrogens is 268 g/mol. The molecule has 0 atom stereocenters. The van der Waals surface area contributed by atoms with Crippen LogP contribution in [0.5, 0.6) is 0 Å². The number of Topliss-reactive ketones (excluding diaryl/α,β-unsaturated/α-hetero) is 1. The molecule has 0 aromatic heterocycles. The summed E-state index contributed by atoms with van der Waals surface area (Å²) in [6.07, 6.45) is 2.59. The summed E-state index contributed by atoms with van der Waals surface area (Å²) in [4.78, 5) is 28.8. The number of hydrogen-bond acceptors (Lipinski definition) is 4. The molecule has 4 rings (SSSR count). The molecule has 0 unspecified atom stereocenters. The van der Waals surface area contributed by atoms with Gasteiger partial charge >= 0.3 is 5.97 Å². The number of carbonyl (C=O) groups excluding carboxylic acids is 1. The summed E-state index contributed by atoms with van der Waals surface area (Å²) in [5, 5.41) is 9.03. The van der Waals surface area contributed by atoms with E-state index in [9.17, 15) is 9.59 Å². The predicted molar refractivity (Wildman–Crippen MR) is 78.9 cm³/mol. The summed E-state index contributed by atoms with van der Waals surface area (Å²) in [5.74, 6) is -0.272. The maximum Gasteiger partial charge on any atom is 0.303 e. The van der Waals surface area contributed by atoms with Crippen LogP contribution in [0.4, 0.5) is 0 Å². The van der Waals surface area contributed by atoms with Crippen molar-refractivity contribution in [3.05, 3.63) is 0 Å². The van der Waals surface area contributed by atoms with Gasteiger partial charge in [0.05, 0.1) is 16.5 Å². The molecule has 0 aliphatic carbocycles. The van der Waals surface area contributed by atoms with E-state index >= 15 is 0 Å². The fourth-order valence-electron chi connectivity index (χ4n) is 4.83. The lowest BCUT2D eigenvalue weighted by Crippen LogP contribution is -2.83. The molecule has 21 heavy (non-hydrogen) atoms. The second-order valence-corrected chi connectivity index (χ2v) is 7.42. The third-order valence-electron chi connectivity index (χ3n) is 6.47. The van der Waals surface area contributed by atoms with Crippen LogP contribution >= 0.6 is 0 Å². The summed E-state index contributed by atoms with van der Waals surface area (Å²) in [7, 11) is 0. The van der Waals surface area contributed by atoms with Crippen molar-refractivity contribution in [3.8, 4) is 0 Å². The van der Waals surface area contributed by atoms with Crippen LogP contribution in [-0.4, -0.2) is 58.5 Å². The van der Waals surface area contributed by atoms with Crippen molar-refractivity contribution in [2.75, 3.05) is 26.2 Å². The molecule has 0 amide bonds. The van der Waals surface area contributed by atoms with Crippen LogP contribution in [0, 0.1) is 10.8 Å². The number of piperidine rings is 2. The lowest BCUT2D eigenvalue weighted by molar-refractivity contribution is -0.233. The van der Waals surface area contributed by atoms with Crippen LogP contribution in [0.15, 0.2) is 0 Å².